The molecule has 0 spiro atoms. The number of ketones is 1. The van der Waals surface area contributed by atoms with Crippen LogP contribution in [0.5, 0.6) is 0 Å². The molecule has 0 aliphatic rings. The summed E-state index contributed by atoms with van der Waals surface area (Å²) in [6, 6.07) is 19.8. The number of para-hydroxylation sites is 1. The van der Waals surface area contributed by atoms with E-state index in [1.807, 2.05) is 69.6 Å². The SMILES string of the molecule is Cc1nn(-c2ccccc2)c(C)c1C(=O)C(=O)NCC(Cc1ccccc1)N(C)C. The van der Waals surface area contributed by atoms with Gasteiger partial charge in [0.25, 0.3) is 11.7 Å². The second-order valence-electron chi connectivity index (χ2n) is 7.64. The highest BCUT2D eigenvalue weighted by atomic mass is 16.2. The molecule has 1 amide bonds. The molecule has 1 N–H and O–H groups in total. The third-order valence-electron chi connectivity index (χ3n) is 5.27. The number of carbonyl (C=O) groups is 2. The molecule has 1 atom stereocenters. The van der Waals surface area contributed by atoms with Crippen molar-refractivity contribution in [1.82, 2.24) is 20.0 Å². The number of hydrogen-bond donors (Lipinski definition) is 1. The molecule has 2 aromatic carbocycles. The first-order chi connectivity index (χ1) is 14.4. The zero-order chi connectivity index (χ0) is 21.7. The van der Waals surface area contributed by atoms with Crippen LogP contribution in [0, 0.1) is 13.8 Å². The number of likely N-dealkylation sites (N-methyl/N-ethyl adjacent to an activating group) is 1. The van der Waals surface area contributed by atoms with E-state index >= 15 is 0 Å². The quantitative estimate of drug-likeness (QED) is 0.463. The number of aromatic nitrogens is 2. The maximum Gasteiger partial charge on any atom is 0.292 e. The first-order valence-corrected chi connectivity index (χ1v) is 10.0. The van der Waals surface area contributed by atoms with Crippen LogP contribution in [0.4, 0.5) is 0 Å². The second-order valence-corrected chi connectivity index (χ2v) is 7.64. The van der Waals surface area contributed by atoms with Crippen LogP contribution in [0.25, 0.3) is 5.69 Å². The Kier molecular flexibility index (Phi) is 6.79. The van der Waals surface area contributed by atoms with Crippen LogP contribution in [0.3, 0.4) is 0 Å². The highest BCUT2D eigenvalue weighted by Gasteiger charge is 2.25. The first-order valence-electron chi connectivity index (χ1n) is 10.0. The van der Waals surface area contributed by atoms with Gasteiger partial charge in [0.15, 0.2) is 0 Å². The number of nitrogens with zero attached hydrogens (tertiary/aromatic N) is 3. The van der Waals surface area contributed by atoms with Gasteiger partial charge in [-0.1, -0.05) is 48.5 Å². The van der Waals surface area contributed by atoms with Gasteiger partial charge >= 0.3 is 0 Å². The van der Waals surface area contributed by atoms with Crippen LogP contribution in [0.15, 0.2) is 60.7 Å². The van der Waals surface area contributed by atoms with E-state index in [4.69, 9.17) is 0 Å². The lowest BCUT2D eigenvalue weighted by Crippen LogP contribution is -2.43. The van der Waals surface area contributed by atoms with Crippen LogP contribution >= 0.6 is 0 Å². The number of rotatable bonds is 8. The zero-order valence-corrected chi connectivity index (χ0v) is 17.9. The predicted octanol–water partition coefficient (Wildman–Crippen LogP) is 2.96. The summed E-state index contributed by atoms with van der Waals surface area (Å²) in [5, 5.41) is 7.29. The molecule has 0 fully saturated rings. The maximum absolute atomic E-state index is 12.9. The summed E-state index contributed by atoms with van der Waals surface area (Å²) in [6.45, 7) is 3.95. The average molecular weight is 405 g/mol. The van der Waals surface area contributed by atoms with Gasteiger partial charge in [-0.05, 0) is 52.1 Å². The summed E-state index contributed by atoms with van der Waals surface area (Å²) in [6.07, 6.45) is 0.784. The third-order valence-corrected chi connectivity index (χ3v) is 5.27. The van der Waals surface area contributed by atoms with Crippen molar-refractivity contribution in [3.8, 4) is 5.69 Å². The molecule has 1 heterocycles. The topological polar surface area (TPSA) is 67.2 Å². The lowest BCUT2D eigenvalue weighted by atomic mass is 10.0. The summed E-state index contributed by atoms with van der Waals surface area (Å²) in [4.78, 5) is 27.6. The fraction of sp³-hybridized carbons (Fsp3) is 0.292. The largest absolute Gasteiger partial charge is 0.348 e. The Bertz CT molecular complexity index is 1010. The van der Waals surface area contributed by atoms with E-state index in [0.29, 0.717) is 23.5 Å². The van der Waals surface area contributed by atoms with Crippen LogP contribution in [-0.2, 0) is 11.2 Å². The van der Waals surface area contributed by atoms with Gasteiger partial charge in [-0.3, -0.25) is 9.59 Å². The van der Waals surface area contributed by atoms with Crippen molar-refractivity contribution in [3.05, 3.63) is 83.2 Å². The second kappa shape index (κ2) is 9.50. The molecule has 1 aromatic heterocycles. The van der Waals surface area contributed by atoms with Gasteiger partial charge in [-0.25, -0.2) is 4.68 Å². The number of Topliss-reactive ketones (excluding diaryl/α,β-unsaturated/α-hetero) is 1. The fourth-order valence-corrected chi connectivity index (χ4v) is 3.52. The molecule has 1 unspecified atom stereocenters. The molecule has 156 valence electrons. The number of aryl methyl sites for hydroxylation is 1. The number of nitrogens with one attached hydrogen (secondary N) is 1. The fourth-order valence-electron chi connectivity index (χ4n) is 3.52. The Labute approximate surface area is 177 Å². The average Bonchev–Trinajstić information content (AvgIpc) is 3.05. The van der Waals surface area contributed by atoms with Gasteiger partial charge < -0.3 is 10.2 Å². The molecular weight excluding hydrogens is 376 g/mol. The van der Waals surface area contributed by atoms with Crippen molar-refractivity contribution in [2.24, 2.45) is 0 Å². The van der Waals surface area contributed by atoms with E-state index in [9.17, 15) is 9.59 Å². The Morgan fingerprint density at radius 3 is 2.20 bits per heavy atom. The van der Waals surface area contributed by atoms with Crippen LogP contribution < -0.4 is 5.32 Å². The van der Waals surface area contributed by atoms with Gasteiger partial charge in [0.1, 0.15) is 0 Å². The van der Waals surface area contributed by atoms with Crippen molar-refractivity contribution < 1.29 is 9.59 Å². The van der Waals surface area contributed by atoms with Crippen molar-refractivity contribution >= 4 is 11.7 Å². The Hall–Kier alpha value is -3.25. The molecule has 30 heavy (non-hydrogen) atoms. The molecule has 0 aliphatic heterocycles. The smallest absolute Gasteiger partial charge is 0.292 e. The lowest BCUT2D eigenvalue weighted by Gasteiger charge is -2.24. The van der Waals surface area contributed by atoms with Crippen molar-refractivity contribution in [1.29, 1.82) is 0 Å². The van der Waals surface area contributed by atoms with E-state index in [2.05, 4.69) is 27.4 Å². The molecule has 0 saturated heterocycles. The highest BCUT2D eigenvalue weighted by molar-refractivity contribution is 6.43. The molecule has 0 saturated carbocycles. The van der Waals surface area contributed by atoms with Gasteiger partial charge in [0.05, 0.1) is 22.6 Å². The molecule has 0 bridgehead atoms. The normalized spacial score (nSPS) is 12.0. The predicted molar refractivity (Wildman–Crippen MR) is 118 cm³/mol. The maximum atomic E-state index is 12.9. The van der Waals surface area contributed by atoms with Gasteiger partial charge in [-0.15, -0.1) is 0 Å². The Morgan fingerprint density at radius 1 is 1.00 bits per heavy atom. The van der Waals surface area contributed by atoms with E-state index in [-0.39, 0.29) is 6.04 Å². The lowest BCUT2D eigenvalue weighted by molar-refractivity contribution is -0.117. The number of carbonyl (C=O) groups excluding carboxylic acids is 2. The molecular formula is C24H28N4O2. The third kappa shape index (κ3) is 4.83. The van der Waals surface area contributed by atoms with Crippen LogP contribution in [0.2, 0.25) is 0 Å². The molecule has 3 aromatic rings. The van der Waals surface area contributed by atoms with E-state index in [0.717, 1.165) is 12.1 Å². The molecule has 0 radical (unpaired) electrons. The Balaban J connectivity index is 1.71. The monoisotopic (exact) mass is 404 g/mol. The van der Waals surface area contributed by atoms with Crippen LogP contribution in [0.1, 0.15) is 27.3 Å². The van der Waals surface area contributed by atoms with E-state index < -0.39 is 11.7 Å². The minimum atomic E-state index is -0.603. The van der Waals surface area contributed by atoms with Gasteiger partial charge in [0, 0.05) is 12.6 Å². The molecule has 6 heteroatoms. The van der Waals surface area contributed by atoms with Crippen molar-refractivity contribution in [2.45, 2.75) is 26.3 Å². The van der Waals surface area contributed by atoms with E-state index in [1.54, 1.807) is 11.6 Å². The molecule has 0 aliphatic carbocycles. The number of amides is 1. The van der Waals surface area contributed by atoms with Crippen LogP contribution in [-0.4, -0.2) is 53.1 Å². The number of benzene rings is 2. The summed E-state index contributed by atoms with van der Waals surface area (Å²) in [5.41, 5.74) is 3.61. The Morgan fingerprint density at radius 2 is 1.60 bits per heavy atom. The zero-order valence-electron chi connectivity index (χ0n) is 17.9. The van der Waals surface area contributed by atoms with Gasteiger partial charge in [-0.2, -0.15) is 5.10 Å². The summed E-state index contributed by atoms with van der Waals surface area (Å²) >= 11 is 0. The highest BCUT2D eigenvalue weighted by Crippen LogP contribution is 2.18. The molecule has 6 nitrogen and oxygen atoms in total. The standard InChI is InChI=1S/C24H28N4O2/c1-17-22(18(2)28(26-17)20-13-9-6-10-14-20)23(29)24(30)25-16-21(27(3)4)15-19-11-7-5-8-12-19/h5-14,21H,15-16H2,1-4H3,(H,25,30). The molecule has 3 rings (SSSR count). The number of hydrogen-bond acceptors (Lipinski definition) is 4. The van der Waals surface area contributed by atoms with Gasteiger partial charge in [0.2, 0.25) is 0 Å². The minimum Gasteiger partial charge on any atom is -0.348 e. The summed E-state index contributed by atoms with van der Waals surface area (Å²) < 4.78 is 1.70. The summed E-state index contributed by atoms with van der Waals surface area (Å²) in [5.74, 6) is -1.15. The van der Waals surface area contributed by atoms with E-state index in [1.165, 1.54) is 5.56 Å². The summed E-state index contributed by atoms with van der Waals surface area (Å²) in [7, 11) is 3.94. The first kappa shape index (κ1) is 21.5. The van der Waals surface area contributed by atoms with Crippen molar-refractivity contribution in [2.75, 3.05) is 20.6 Å². The minimum absolute atomic E-state index is 0.0818. The van der Waals surface area contributed by atoms with Crippen molar-refractivity contribution in [3.63, 3.8) is 0 Å².